The number of benzene rings is 2. The SMILES string of the molecule is CCOB(OCCc1ccccc1)OCCc1ccccc1. The topological polar surface area (TPSA) is 27.7 Å². The summed E-state index contributed by atoms with van der Waals surface area (Å²) in [6, 6.07) is 20.5. The molecule has 0 heterocycles. The van der Waals surface area contributed by atoms with Crippen LogP contribution in [0.15, 0.2) is 60.7 Å². The number of hydrogen-bond acceptors (Lipinski definition) is 3. The lowest BCUT2D eigenvalue weighted by Gasteiger charge is -2.13. The van der Waals surface area contributed by atoms with Crippen molar-refractivity contribution in [2.45, 2.75) is 19.8 Å². The molecular weight excluding hydrogens is 275 g/mol. The van der Waals surface area contributed by atoms with Crippen LogP contribution >= 0.6 is 0 Å². The van der Waals surface area contributed by atoms with Gasteiger partial charge in [0, 0.05) is 19.8 Å². The van der Waals surface area contributed by atoms with Gasteiger partial charge < -0.3 is 14.0 Å². The van der Waals surface area contributed by atoms with Gasteiger partial charge in [0.25, 0.3) is 0 Å². The Morgan fingerprint density at radius 3 is 1.55 bits per heavy atom. The third-order valence-corrected chi connectivity index (χ3v) is 3.28. The van der Waals surface area contributed by atoms with Crippen LogP contribution in [0.3, 0.4) is 0 Å². The van der Waals surface area contributed by atoms with Crippen molar-refractivity contribution in [2.75, 3.05) is 19.8 Å². The normalized spacial score (nSPS) is 10.6. The van der Waals surface area contributed by atoms with E-state index in [0.717, 1.165) is 12.8 Å². The van der Waals surface area contributed by atoms with E-state index in [0.29, 0.717) is 19.8 Å². The zero-order valence-corrected chi connectivity index (χ0v) is 13.1. The minimum atomic E-state index is -0.586. The van der Waals surface area contributed by atoms with Crippen molar-refractivity contribution in [1.82, 2.24) is 0 Å². The van der Waals surface area contributed by atoms with Gasteiger partial charge in [-0.15, -0.1) is 0 Å². The Morgan fingerprint density at radius 2 is 1.14 bits per heavy atom. The van der Waals surface area contributed by atoms with Crippen molar-refractivity contribution >= 4 is 7.32 Å². The number of rotatable bonds is 10. The van der Waals surface area contributed by atoms with E-state index in [9.17, 15) is 0 Å². The minimum absolute atomic E-state index is 0.571. The quantitative estimate of drug-likeness (QED) is 0.628. The molecule has 0 aromatic heterocycles. The van der Waals surface area contributed by atoms with Crippen molar-refractivity contribution < 1.29 is 14.0 Å². The highest BCUT2D eigenvalue weighted by atomic mass is 16.7. The second-order valence-electron chi connectivity index (χ2n) is 4.96. The summed E-state index contributed by atoms with van der Waals surface area (Å²) >= 11 is 0. The molecule has 0 spiro atoms. The summed E-state index contributed by atoms with van der Waals surface area (Å²) in [7, 11) is -0.586. The van der Waals surface area contributed by atoms with Crippen LogP contribution in [-0.4, -0.2) is 27.1 Å². The maximum atomic E-state index is 5.68. The Labute approximate surface area is 133 Å². The molecule has 0 radical (unpaired) electrons. The molecule has 2 rings (SSSR count). The molecule has 0 aliphatic heterocycles. The highest BCUT2D eigenvalue weighted by Gasteiger charge is 2.20. The zero-order valence-electron chi connectivity index (χ0n) is 13.1. The Bertz CT molecular complexity index is 459. The van der Waals surface area contributed by atoms with Gasteiger partial charge in [0.1, 0.15) is 0 Å². The molecule has 0 saturated heterocycles. The van der Waals surface area contributed by atoms with Crippen LogP contribution < -0.4 is 0 Å². The van der Waals surface area contributed by atoms with Gasteiger partial charge in [-0.2, -0.15) is 0 Å². The predicted octanol–water partition coefficient (Wildman–Crippen LogP) is 3.53. The maximum absolute atomic E-state index is 5.68. The van der Waals surface area contributed by atoms with E-state index in [1.807, 2.05) is 43.3 Å². The van der Waals surface area contributed by atoms with Crippen LogP contribution in [0.25, 0.3) is 0 Å². The average Bonchev–Trinajstić information content (AvgIpc) is 2.57. The van der Waals surface area contributed by atoms with E-state index < -0.39 is 7.32 Å². The van der Waals surface area contributed by atoms with Crippen molar-refractivity contribution in [3.05, 3.63) is 71.8 Å². The Morgan fingerprint density at radius 1 is 0.682 bits per heavy atom. The largest absolute Gasteiger partial charge is 0.639 e. The molecule has 0 aliphatic rings. The molecule has 0 bridgehead atoms. The van der Waals surface area contributed by atoms with Gasteiger partial charge in [-0.1, -0.05) is 60.7 Å². The van der Waals surface area contributed by atoms with Crippen molar-refractivity contribution in [3.63, 3.8) is 0 Å². The predicted molar refractivity (Wildman–Crippen MR) is 89.6 cm³/mol. The molecule has 0 unspecified atom stereocenters. The molecule has 0 amide bonds. The van der Waals surface area contributed by atoms with Crippen LogP contribution in [0.4, 0.5) is 0 Å². The Balaban J connectivity index is 1.68. The van der Waals surface area contributed by atoms with E-state index in [4.69, 9.17) is 14.0 Å². The summed E-state index contributed by atoms with van der Waals surface area (Å²) in [6.07, 6.45) is 1.71. The van der Waals surface area contributed by atoms with Gasteiger partial charge in [-0.05, 0) is 30.9 Å². The highest BCUT2D eigenvalue weighted by Crippen LogP contribution is 2.03. The lowest BCUT2D eigenvalue weighted by molar-refractivity contribution is 0.0994. The fraction of sp³-hybridized carbons (Fsp3) is 0.333. The molecular formula is C18H23BO3. The van der Waals surface area contributed by atoms with E-state index in [1.165, 1.54) is 11.1 Å². The van der Waals surface area contributed by atoms with Crippen molar-refractivity contribution in [2.24, 2.45) is 0 Å². The molecule has 0 aliphatic carbocycles. The first-order valence-electron chi connectivity index (χ1n) is 7.81. The molecule has 0 saturated carbocycles. The average molecular weight is 298 g/mol. The van der Waals surface area contributed by atoms with Crippen molar-refractivity contribution in [3.8, 4) is 0 Å². The molecule has 0 atom stereocenters. The summed E-state index contributed by atoms with van der Waals surface area (Å²) in [6.45, 7) is 3.68. The highest BCUT2D eigenvalue weighted by molar-refractivity contribution is 6.36. The summed E-state index contributed by atoms with van der Waals surface area (Å²) in [4.78, 5) is 0. The summed E-state index contributed by atoms with van der Waals surface area (Å²) < 4.78 is 16.8. The fourth-order valence-electron chi connectivity index (χ4n) is 2.12. The Kier molecular flexibility index (Phi) is 7.74. The third-order valence-electron chi connectivity index (χ3n) is 3.28. The minimum Gasteiger partial charge on any atom is -0.386 e. The van der Waals surface area contributed by atoms with Crippen LogP contribution in [-0.2, 0) is 26.8 Å². The molecule has 0 fully saturated rings. The van der Waals surface area contributed by atoms with E-state index in [2.05, 4.69) is 24.3 Å². The second kappa shape index (κ2) is 10.2. The molecule has 0 N–H and O–H groups in total. The van der Waals surface area contributed by atoms with Crippen molar-refractivity contribution in [1.29, 1.82) is 0 Å². The maximum Gasteiger partial charge on any atom is 0.639 e. The van der Waals surface area contributed by atoms with Crippen LogP contribution in [0, 0.1) is 0 Å². The monoisotopic (exact) mass is 298 g/mol. The lowest BCUT2D eigenvalue weighted by Crippen LogP contribution is -2.29. The third kappa shape index (κ3) is 6.44. The van der Waals surface area contributed by atoms with Gasteiger partial charge in [-0.3, -0.25) is 0 Å². The summed E-state index contributed by atoms with van der Waals surface area (Å²) in [5, 5.41) is 0. The van der Waals surface area contributed by atoms with Gasteiger partial charge >= 0.3 is 7.32 Å². The molecule has 2 aromatic carbocycles. The smallest absolute Gasteiger partial charge is 0.386 e. The van der Waals surface area contributed by atoms with Crippen LogP contribution in [0.2, 0.25) is 0 Å². The number of hydrogen-bond donors (Lipinski definition) is 0. The molecule has 116 valence electrons. The van der Waals surface area contributed by atoms with Gasteiger partial charge in [0.05, 0.1) is 0 Å². The van der Waals surface area contributed by atoms with Crippen LogP contribution in [0.1, 0.15) is 18.1 Å². The standard InChI is InChI=1S/C18H23BO3/c1-2-20-19(21-15-13-17-9-5-3-6-10-17)22-16-14-18-11-7-4-8-12-18/h3-12H,2,13-16H2,1H3. The molecule has 2 aromatic rings. The zero-order chi connectivity index (χ0) is 15.5. The summed E-state index contributed by atoms with van der Waals surface area (Å²) in [5.74, 6) is 0. The molecule has 22 heavy (non-hydrogen) atoms. The second-order valence-corrected chi connectivity index (χ2v) is 4.96. The van der Waals surface area contributed by atoms with E-state index >= 15 is 0 Å². The van der Waals surface area contributed by atoms with Gasteiger partial charge in [0.15, 0.2) is 0 Å². The van der Waals surface area contributed by atoms with E-state index in [-0.39, 0.29) is 0 Å². The first-order chi connectivity index (χ1) is 10.9. The van der Waals surface area contributed by atoms with Gasteiger partial charge in [0.2, 0.25) is 0 Å². The lowest BCUT2D eigenvalue weighted by atomic mass is 10.1. The van der Waals surface area contributed by atoms with Gasteiger partial charge in [-0.25, -0.2) is 0 Å². The Hall–Kier alpha value is -1.62. The molecule has 3 nitrogen and oxygen atoms in total. The van der Waals surface area contributed by atoms with Crippen LogP contribution in [0.5, 0.6) is 0 Å². The fourth-order valence-corrected chi connectivity index (χ4v) is 2.12. The molecule has 4 heteroatoms. The first kappa shape index (κ1) is 16.8. The summed E-state index contributed by atoms with van der Waals surface area (Å²) in [5.41, 5.74) is 2.50. The van der Waals surface area contributed by atoms with E-state index in [1.54, 1.807) is 0 Å². The first-order valence-corrected chi connectivity index (χ1v) is 7.81.